The lowest BCUT2D eigenvalue weighted by Gasteiger charge is -2.39. The summed E-state index contributed by atoms with van der Waals surface area (Å²) in [5.74, 6) is 0.318. The van der Waals surface area contributed by atoms with Crippen LogP contribution in [0.25, 0.3) is 0 Å². The molecule has 3 nitrogen and oxygen atoms in total. The maximum absolute atomic E-state index is 13.1. The van der Waals surface area contributed by atoms with Crippen LogP contribution in [-0.2, 0) is 10.2 Å². The van der Waals surface area contributed by atoms with E-state index in [9.17, 15) is 4.79 Å². The summed E-state index contributed by atoms with van der Waals surface area (Å²) in [7, 11) is 0.273. The zero-order valence-electron chi connectivity index (χ0n) is 15.1. The van der Waals surface area contributed by atoms with Crippen LogP contribution in [0.5, 0.6) is 0 Å². The van der Waals surface area contributed by atoms with Crippen molar-refractivity contribution in [2.45, 2.75) is 57.0 Å². The Kier molecular flexibility index (Phi) is 3.71. The zero-order chi connectivity index (χ0) is 17.0. The quantitative estimate of drug-likeness (QED) is 0.666. The number of nitrogens with one attached hydrogen (secondary N) is 1. The van der Waals surface area contributed by atoms with Crippen molar-refractivity contribution in [1.82, 2.24) is 4.90 Å². The summed E-state index contributed by atoms with van der Waals surface area (Å²) in [5, 5.41) is 3.64. The number of fused-ring (bicyclic) bond motifs is 3. The lowest BCUT2D eigenvalue weighted by atomic mass is 9.75. The predicted octanol–water partition coefficient (Wildman–Crippen LogP) is 4.21. The van der Waals surface area contributed by atoms with Gasteiger partial charge in [0.15, 0.2) is 0 Å². The largest absolute Gasteiger partial charge is 0.364 e. The normalized spacial score (nSPS) is 29.1. The fraction of sp³-hybridized carbons (Fsp3) is 0.526. The topological polar surface area (TPSA) is 32.3 Å². The van der Waals surface area contributed by atoms with Gasteiger partial charge in [-0.15, -0.1) is 0 Å². The van der Waals surface area contributed by atoms with Crippen LogP contribution in [0.3, 0.4) is 0 Å². The van der Waals surface area contributed by atoms with Gasteiger partial charge in [0.1, 0.15) is 6.17 Å². The Hall–Kier alpha value is -1.55. The maximum atomic E-state index is 13.1. The van der Waals surface area contributed by atoms with E-state index in [0.717, 1.165) is 6.42 Å². The van der Waals surface area contributed by atoms with E-state index < -0.39 is 8.07 Å². The molecule has 0 unspecified atom stereocenters. The number of carbonyl (C=O) groups is 1. The number of anilines is 1. The molecule has 3 rings (SSSR count). The molecule has 0 spiro atoms. The number of likely N-dealkylation sites (N-methyl/N-ethyl adjacent to an activating group) is 1. The molecule has 23 heavy (non-hydrogen) atoms. The highest BCUT2D eigenvalue weighted by molar-refractivity contribution is 6.81. The Morgan fingerprint density at radius 3 is 2.57 bits per heavy atom. The van der Waals surface area contributed by atoms with E-state index in [0.29, 0.717) is 5.91 Å². The Bertz CT molecular complexity index is 672. The molecule has 1 amide bonds. The first-order chi connectivity index (χ1) is 10.7. The summed E-state index contributed by atoms with van der Waals surface area (Å²) in [4.78, 5) is 15.1. The first kappa shape index (κ1) is 16.3. The summed E-state index contributed by atoms with van der Waals surface area (Å²) in [5.41, 5.74) is 3.81. The lowest BCUT2D eigenvalue weighted by Crippen LogP contribution is -2.47. The van der Waals surface area contributed by atoms with Gasteiger partial charge < -0.3 is 10.2 Å². The number of para-hydroxylation sites is 1. The lowest BCUT2D eigenvalue weighted by molar-refractivity contribution is -0.127. The third-order valence-electron chi connectivity index (χ3n) is 5.42. The molecule has 2 heterocycles. The molecule has 4 heteroatoms. The second kappa shape index (κ2) is 5.23. The fourth-order valence-electron chi connectivity index (χ4n) is 4.60. The number of nitrogens with zero attached hydrogens (tertiary/aromatic N) is 1. The summed E-state index contributed by atoms with van der Waals surface area (Å²) >= 11 is 0. The van der Waals surface area contributed by atoms with E-state index in [2.05, 4.69) is 69.1 Å². The number of hydrogen-bond acceptors (Lipinski definition) is 2. The molecular formula is C19H28N2OSi. The van der Waals surface area contributed by atoms with Crippen molar-refractivity contribution in [2.75, 3.05) is 12.4 Å². The third-order valence-corrected chi connectivity index (χ3v) is 7.91. The number of benzene rings is 1. The molecule has 2 aliphatic rings. The maximum Gasteiger partial charge on any atom is 0.225 e. The van der Waals surface area contributed by atoms with Crippen molar-refractivity contribution in [1.29, 1.82) is 0 Å². The standard InChI is InChI=1S/C19H28N2OSi/c1-13(2)11-12-19-14-9-7-8-10-15(14)20-18(19)21(3)17(22)16(19)23(4,5)6/h7-11,16,18,20H,12H2,1-6H3/t16-,18+,19-/m1/s1. The van der Waals surface area contributed by atoms with Crippen LogP contribution >= 0.6 is 0 Å². The highest BCUT2D eigenvalue weighted by atomic mass is 28.3. The predicted molar refractivity (Wildman–Crippen MR) is 99.4 cm³/mol. The Morgan fingerprint density at radius 1 is 1.30 bits per heavy atom. The molecule has 1 saturated heterocycles. The van der Waals surface area contributed by atoms with Gasteiger partial charge in [-0.3, -0.25) is 4.79 Å². The first-order valence-corrected chi connectivity index (χ1v) is 12.0. The van der Waals surface area contributed by atoms with Crippen LogP contribution in [-0.4, -0.2) is 32.1 Å². The summed E-state index contributed by atoms with van der Waals surface area (Å²) in [6.07, 6.45) is 3.31. The van der Waals surface area contributed by atoms with Gasteiger partial charge >= 0.3 is 0 Å². The molecule has 0 aromatic heterocycles. The van der Waals surface area contributed by atoms with Gasteiger partial charge in [-0.25, -0.2) is 0 Å². The Morgan fingerprint density at radius 2 is 1.96 bits per heavy atom. The first-order valence-electron chi connectivity index (χ1n) is 8.45. The minimum absolute atomic E-state index is 0.0692. The van der Waals surface area contributed by atoms with E-state index >= 15 is 0 Å². The summed E-state index contributed by atoms with van der Waals surface area (Å²) in [6, 6.07) is 8.56. The summed E-state index contributed by atoms with van der Waals surface area (Å²) in [6.45, 7) is 11.3. The Balaban J connectivity index is 2.25. The minimum atomic E-state index is -1.69. The number of carbonyl (C=O) groups excluding carboxylic acids is 1. The van der Waals surface area contributed by atoms with Crippen LogP contribution < -0.4 is 5.32 Å². The van der Waals surface area contributed by atoms with Gasteiger partial charge in [0.05, 0.1) is 8.07 Å². The van der Waals surface area contributed by atoms with Gasteiger partial charge in [-0.05, 0) is 31.9 Å². The second-order valence-corrected chi connectivity index (χ2v) is 13.7. The van der Waals surface area contributed by atoms with E-state index in [1.807, 2.05) is 11.9 Å². The smallest absolute Gasteiger partial charge is 0.225 e. The molecule has 1 aromatic carbocycles. The number of rotatable bonds is 3. The van der Waals surface area contributed by atoms with E-state index in [1.165, 1.54) is 16.8 Å². The molecule has 0 bridgehead atoms. The van der Waals surface area contributed by atoms with Crippen molar-refractivity contribution in [3.8, 4) is 0 Å². The van der Waals surface area contributed by atoms with Crippen molar-refractivity contribution in [3.63, 3.8) is 0 Å². The highest BCUT2D eigenvalue weighted by Gasteiger charge is 2.65. The molecule has 2 aliphatic heterocycles. The van der Waals surface area contributed by atoms with Crippen molar-refractivity contribution in [3.05, 3.63) is 41.5 Å². The average Bonchev–Trinajstić information content (AvgIpc) is 2.88. The fourth-order valence-corrected chi connectivity index (χ4v) is 7.52. The second-order valence-electron chi connectivity index (χ2n) is 8.37. The molecule has 0 radical (unpaired) electrons. The average molecular weight is 329 g/mol. The zero-order valence-corrected chi connectivity index (χ0v) is 16.1. The monoisotopic (exact) mass is 328 g/mol. The van der Waals surface area contributed by atoms with Crippen LogP contribution in [0.4, 0.5) is 5.69 Å². The molecule has 1 aromatic rings. The van der Waals surface area contributed by atoms with E-state index in [1.54, 1.807) is 0 Å². The molecule has 1 N–H and O–H groups in total. The number of hydrogen-bond donors (Lipinski definition) is 1. The Labute approximate surface area is 140 Å². The van der Waals surface area contributed by atoms with Gasteiger partial charge in [0.25, 0.3) is 0 Å². The van der Waals surface area contributed by atoms with Crippen LogP contribution in [0.2, 0.25) is 25.2 Å². The summed E-state index contributed by atoms with van der Waals surface area (Å²) < 4.78 is 0. The molecule has 0 aliphatic carbocycles. The van der Waals surface area contributed by atoms with Crippen molar-refractivity contribution >= 4 is 19.7 Å². The number of amides is 1. The van der Waals surface area contributed by atoms with Gasteiger partial charge in [-0.1, -0.05) is 49.5 Å². The molecule has 124 valence electrons. The molecular weight excluding hydrogens is 300 g/mol. The van der Waals surface area contributed by atoms with E-state index in [4.69, 9.17) is 0 Å². The van der Waals surface area contributed by atoms with Gasteiger partial charge in [0.2, 0.25) is 5.91 Å². The third kappa shape index (κ3) is 2.26. The van der Waals surface area contributed by atoms with Crippen LogP contribution in [0.1, 0.15) is 25.8 Å². The molecule has 3 atom stereocenters. The van der Waals surface area contributed by atoms with E-state index in [-0.39, 0.29) is 17.1 Å². The van der Waals surface area contributed by atoms with Crippen molar-refractivity contribution < 1.29 is 4.79 Å². The molecule has 1 fully saturated rings. The van der Waals surface area contributed by atoms with Crippen LogP contribution in [0.15, 0.2) is 35.9 Å². The minimum Gasteiger partial charge on any atom is -0.364 e. The molecule has 0 saturated carbocycles. The highest BCUT2D eigenvalue weighted by Crippen LogP contribution is 2.59. The van der Waals surface area contributed by atoms with Gasteiger partial charge in [-0.2, -0.15) is 0 Å². The number of allylic oxidation sites excluding steroid dienone is 2. The van der Waals surface area contributed by atoms with Crippen LogP contribution in [0, 0.1) is 0 Å². The van der Waals surface area contributed by atoms with Crippen molar-refractivity contribution in [2.24, 2.45) is 0 Å². The number of likely N-dealkylation sites (tertiary alicyclic amines) is 1. The SMILES string of the molecule is CC(C)=CC[C@]12c3ccccc3N[C@H]1N(C)C(=O)[C@H]2[Si](C)(C)C. The van der Waals surface area contributed by atoms with Gasteiger partial charge in [0, 0.05) is 23.7 Å².